The van der Waals surface area contributed by atoms with Gasteiger partial charge >= 0.3 is 0 Å². The minimum atomic E-state index is -0.0547. The van der Waals surface area contributed by atoms with Crippen molar-refractivity contribution < 1.29 is 9.53 Å². The first-order chi connectivity index (χ1) is 17.8. The van der Waals surface area contributed by atoms with Gasteiger partial charge in [0.15, 0.2) is 0 Å². The third-order valence-corrected chi connectivity index (χ3v) is 6.47. The average molecular weight is 476 g/mol. The van der Waals surface area contributed by atoms with E-state index in [9.17, 15) is 4.79 Å². The number of aromatic nitrogens is 4. The Balaban J connectivity index is 1.33. The van der Waals surface area contributed by atoms with Crippen LogP contribution in [0, 0.1) is 0 Å². The smallest absolute Gasteiger partial charge is 0.251 e. The van der Waals surface area contributed by atoms with Gasteiger partial charge in [0, 0.05) is 54.5 Å². The number of carbonyl (C=O) groups excluding carboxylic acids is 1. The van der Waals surface area contributed by atoms with Crippen LogP contribution in [0.5, 0.6) is 0 Å². The summed E-state index contributed by atoms with van der Waals surface area (Å²) in [5.41, 5.74) is 6.83. The summed E-state index contributed by atoms with van der Waals surface area (Å²) in [6.45, 7) is 1.39. The number of hydrogen-bond donors (Lipinski definition) is 1. The summed E-state index contributed by atoms with van der Waals surface area (Å²) in [6.07, 6.45) is 7.30. The summed E-state index contributed by atoms with van der Waals surface area (Å²) in [4.78, 5) is 26.7. The summed E-state index contributed by atoms with van der Waals surface area (Å²) in [5.74, 6) is -0.0547. The van der Waals surface area contributed by atoms with Crippen LogP contribution in [0.1, 0.15) is 23.2 Å². The normalized spacial score (nSPS) is 14.1. The molecule has 5 heterocycles. The van der Waals surface area contributed by atoms with Gasteiger partial charge in [0.05, 0.1) is 17.1 Å². The molecule has 1 amide bonds. The van der Waals surface area contributed by atoms with Gasteiger partial charge in [-0.3, -0.25) is 19.2 Å². The minimum absolute atomic E-state index is 0.0547. The van der Waals surface area contributed by atoms with Gasteiger partial charge in [0.2, 0.25) is 0 Å². The van der Waals surface area contributed by atoms with E-state index in [1.54, 1.807) is 12.4 Å². The number of nitrogens with zero attached hydrogens (tertiary/aromatic N) is 4. The summed E-state index contributed by atoms with van der Waals surface area (Å²) >= 11 is 0. The molecule has 36 heavy (non-hydrogen) atoms. The zero-order valence-electron chi connectivity index (χ0n) is 19.7. The monoisotopic (exact) mass is 475 g/mol. The summed E-state index contributed by atoms with van der Waals surface area (Å²) in [6, 6.07) is 23.6. The Kier molecular flexibility index (Phi) is 5.97. The largest absolute Gasteiger partial charge is 0.381 e. The maximum atomic E-state index is 12.7. The van der Waals surface area contributed by atoms with Crippen molar-refractivity contribution in [1.29, 1.82) is 0 Å². The highest BCUT2D eigenvalue weighted by atomic mass is 16.5. The summed E-state index contributed by atoms with van der Waals surface area (Å²) < 4.78 is 7.45. The molecule has 0 unspecified atom stereocenters. The molecule has 1 aliphatic rings. The molecular formula is C29H25N5O2. The van der Waals surface area contributed by atoms with Gasteiger partial charge in [0.1, 0.15) is 11.3 Å². The Morgan fingerprint density at radius 2 is 1.67 bits per heavy atom. The van der Waals surface area contributed by atoms with Gasteiger partial charge in [-0.1, -0.05) is 24.3 Å². The van der Waals surface area contributed by atoms with E-state index in [0.717, 1.165) is 52.4 Å². The van der Waals surface area contributed by atoms with E-state index in [-0.39, 0.29) is 11.9 Å². The van der Waals surface area contributed by atoms with Crippen LogP contribution in [-0.4, -0.2) is 44.5 Å². The molecule has 1 fully saturated rings. The van der Waals surface area contributed by atoms with Crippen molar-refractivity contribution in [2.45, 2.75) is 18.9 Å². The molecule has 1 aliphatic heterocycles. The lowest BCUT2D eigenvalue weighted by molar-refractivity contribution is 0.0696. The Morgan fingerprint density at radius 3 is 2.47 bits per heavy atom. The van der Waals surface area contributed by atoms with Crippen molar-refractivity contribution in [3.8, 4) is 33.9 Å². The second-order valence-electron chi connectivity index (χ2n) is 8.82. The number of hydrogen-bond acceptors (Lipinski definition) is 5. The number of imidazole rings is 1. The number of amides is 1. The van der Waals surface area contributed by atoms with Crippen LogP contribution in [0.4, 0.5) is 0 Å². The first-order valence-electron chi connectivity index (χ1n) is 12.1. The number of ether oxygens (including phenoxy) is 1. The van der Waals surface area contributed by atoms with Gasteiger partial charge in [0.25, 0.3) is 5.91 Å². The first kappa shape index (κ1) is 22.1. The Bertz CT molecular complexity index is 1510. The summed E-state index contributed by atoms with van der Waals surface area (Å²) in [5, 5.41) is 3.11. The SMILES string of the molecule is O=C(NC1CCOCC1)c1ccc(-c2cc(-c3c(-c4ccccn4)nc4ccccn34)ccn2)cc1. The fourth-order valence-corrected chi connectivity index (χ4v) is 4.59. The number of carbonyl (C=O) groups is 1. The number of nitrogens with one attached hydrogen (secondary N) is 1. The zero-order valence-corrected chi connectivity index (χ0v) is 19.7. The van der Waals surface area contributed by atoms with Crippen LogP contribution >= 0.6 is 0 Å². The van der Waals surface area contributed by atoms with E-state index in [2.05, 4.69) is 25.8 Å². The molecule has 0 saturated carbocycles. The Hall–Kier alpha value is -4.36. The molecule has 6 rings (SSSR count). The molecule has 0 radical (unpaired) electrons. The quantitative estimate of drug-likeness (QED) is 0.385. The maximum absolute atomic E-state index is 12.7. The molecule has 0 atom stereocenters. The molecule has 0 spiro atoms. The molecule has 1 saturated heterocycles. The highest BCUT2D eigenvalue weighted by Gasteiger charge is 2.19. The van der Waals surface area contributed by atoms with Crippen molar-refractivity contribution in [1.82, 2.24) is 24.7 Å². The Labute approximate surface area is 208 Å². The molecule has 7 heteroatoms. The highest BCUT2D eigenvalue weighted by Crippen LogP contribution is 2.33. The van der Waals surface area contributed by atoms with E-state index in [1.165, 1.54) is 0 Å². The third-order valence-electron chi connectivity index (χ3n) is 6.47. The van der Waals surface area contributed by atoms with Crippen LogP contribution in [-0.2, 0) is 4.74 Å². The molecular weight excluding hydrogens is 450 g/mol. The summed E-state index contributed by atoms with van der Waals surface area (Å²) in [7, 11) is 0. The highest BCUT2D eigenvalue weighted by molar-refractivity contribution is 5.95. The van der Waals surface area contributed by atoms with Crippen LogP contribution in [0.15, 0.2) is 91.4 Å². The van der Waals surface area contributed by atoms with E-state index < -0.39 is 0 Å². The van der Waals surface area contributed by atoms with Crippen LogP contribution < -0.4 is 5.32 Å². The van der Waals surface area contributed by atoms with Gasteiger partial charge in [-0.15, -0.1) is 0 Å². The molecule has 0 aliphatic carbocycles. The van der Waals surface area contributed by atoms with Crippen LogP contribution in [0.2, 0.25) is 0 Å². The molecule has 7 nitrogen and oxygen atoms in total. The lowest BCUT2D eigenvalue weighted by Crippen LogP contribution is -2.38. The van der Waals surface area contributed by atoms with E-state index in [0.29, 0.717) is 18.8 Å². The maximum Gasteiger partial charge on any atom is 0.251 e. The number of fused-ring (bicyclic) bond motifs is 1. The molecule has 4 aromatic heterocycles. The fourth-order valence-electron chi connectivity index (χ4n) is 4.59. The standard InChI is InChI=1S/C29H25N5O2/c35-29(32-23-12-17-36-18-13-23)21-9-7-20(8-10-21)25-19-22(11-15-31-25)28-27(24-5-1-3-14-30-24)33-26-6-2-4-16-34(26)28/h1-11,14-16,19,23H,12-13,17-18H2,(H,32,35). The predicted molar refractivity (Wildman–Crippen MR) is 138 cm³/mol. The topological polar surface area (TPSA) is 81.4 Å². The van der Waals surface area contributed by atoms with Gasteiger partial charge in [-0.05, 0) is 61.4 Å². The second kappa shape index (κ2) is 9.71. The van der Waals surface area contributed by atoms with Crippen molar-refractivity contribution in [2.75, 3.05) is 13.2 Å². The Morgan fingerprint density at radius 1 is 0.861 bits per heavy atom. The van der Waals surface area contributed by atoms with Crippen LogP contribution in [0.25, 0.3) is 39.5 Å². The minimum Gasteiger partial charge on any atom is -0.381 e. The molecule has 0 bridgehead atoms. The molecule has 1 N–H and O–H groups in total. The van der Waals surface area contributed by atoms with Crippen molar-refractivity contribution in [3.63, 3.8) is 0 Å². The third kappa shape index (κ3) is 4.36. The van der Waals surface area contributed by atoms with Gasteiger partial charge in [-0.2, -0.15) is 0 Å². The van der Waals surface area contributed by atoms with Crippen molar-refractivity contribution >= 4 is 11.6 Å². The van der Waals surface area contributed by atoms with Crippen molar-refractivity contribution in [3.05, 3.63) is 97.0 Å². The van der Waals surface area contributed by atoms with E-state index in [1.807, 2.05) is 72.9 Å². The van der Waals surface area contributed by atoms with Gasteiger partial charge in [-0.25, -0.2) is 4.98 Å². The van der Waals surface area contributed by atoms with Crippen molar-refractivity contribution in [2.24, 2.45) is 0 Å². The lowest BCUT2D eigenvalue weighted by Gasteiger charge is -2.23. The lowest BCUT2D eigenvalue weighted by atomic mass is 10.0. The number of pyridine rings is 3. The fraction of sp³-hybridized carbons (Fsp3) is 0.172. The van der Waals surface area contributed by atoms with E-state index in [4.69, 9.17) is 9.72 Å². The van der Waals surface area contributed by atoms with Gasteiger partial charge < -0.3 is 10.1 Å². The second-order valence-corrected chi connectivity index (χ2v) is 8.82. The van der Waals surface area contributed by atoms with E-state index >= 15 is 0 Å². The zero-order chi connectivity index (χ0) is 24.3. The molecule has 1 aromatic carbocycles. The molecule has 5 aromatic rings. The number of rotatable bonds is 5. The predicted octanol–water partition coefficient (Wildman–Crippen LogP) is 5.03. The first-order valence-corrected chi connectivity index (χ1v) is 12.1. The number of benzene rings is 1. The van der Waals surface area contributed by atoms with Crippen LogP contribution in [0.3, 0.4) is 0 Å². The molecule has 178 valence electrons. The average Bonchev–Trinajstić information content (AvgIpc) is 3.34.